The van der Waals surface area contributed by atoms with Crippen LogP contribution >= 0.6 is 0 Å². The van der Waals surface area contributed by atoms with Crippen molar-refractivity contribution in [2.45, 2.75) is 5.75 Å². The zero-order valence-electron chi connectivity index (χ0n) is 16.4. The van der Waals surface area contributed by atoms with E-state index in [4.69, 9.17) is 19.1 Å². The molecule has 30 heavy (non-hydrogen) atoms. The van der Waals surface area contributed by atoms with Crippen molar-refractivity contribution in [1.82, 2.24) is 15.0 Å². The number of ether oxygens (including phenoxy) is 1. The van der Waals surface area contributed by atoms with Gasteiger partial charge < -0.3 is 14.1 Å². The van der Waals surface area contributed by atoms with E-state index < -0.39 is 9.84 Å². The lowest BCUT2D eigenvalue weighted by atomic mass is 10.1. The molecule has 0 atom stereocenters. The molecule has 3 aromatic heterocycles. The van der Waals surface area contributed by atoms with Crippen molar-refractivity contribution in [3.05, 3.63) is 48.2 Å². The number of nitrogens with zero attached hydrogens (tertiary/aromatic N) is 4. The quantitative estimate of drug-likeness (QED) is 0.493. The van der Waals surface area contributed by atoms with Crippen molar-refractivity contribution in [2.75, 3.05) is 37.5 Å². The van der Waals surface area contributed by atoms with Crippen molar-refractivity contribution < 1.29 is 17.6 Å². The SMILES string of the molecule is CS(=O)(=O)Cc1cccc(-c2nc(N3CCOCC3)c3oc4ncccc4c3n2)c1. The van der Waals surface area contributed by atoms with Crippen LogP contribution in [0.3, 0.4) is 0 Å². The van der Waals surface area contributed by atoms with Crippen LogP contribution in [0.15, 0.2) is 47.0 Å². The van der Waals surface area contributed by atoms with Gasteiger partial charge in [0.1, 0.15) is 5.52 Å². The van der Waals surface area contributed by atoms with Gasteiger partial charge in [-0.2, -0.15) is 0 Å². The van der Waals surface area contributed by atoms with E-state index in [0.717, 1.165) is 10.9 Å². The molecule has 0 radical (unpaired) electrons. The smallest absolute Gasteiger partial charge is 0.229 e. The normalized spacial score (nSPS) is 15.2. The van der Waals surface area contributed by atoms with E-state index in [1.165, 1.54) is 6.26 Å². The third-order valence-corrected chi connectivity index (χ3v) is 5.86. The number of furan rings is 1. The predicted molar refractivity (Wildman–Crippen MR) is 114 cm³/mol. The fourth-order valence-corrected chi connectivity index (χ4v) is 4.47. The second-order valence-corrected chi connectivity index (χ2v) is 9.52. The molecule has 4 heterocycles. The molecule has 0 unspecified atom stereocenters. The fraction of sp³-hybridized carbons (Fsp3) is 0.286. The summed E-state index contributed by atoms with van der Waals surface area (Å²) in [6, 6.07) is 11.1. The molecule has 1 aliphatic rings. The van der Waals surface area contributed by atoms with Gasteiger partial charge in [-0.15, -0.1) is 0 Å². The van der Waals surface area contributed by atoms with Gasteiger partial charge in [0.25, 0.3) is 0 Å². The summed E-state index contributed by atoms with van der Waals surface area (Å²) in [5.41, 5.74) is 3.26. The second-order valence-electron chi connectivity index (χ2n) is 7.38. The van der Waals surface area contributed by atoms with Gasteiger partial charge in [0.15, 0.2) is 27.1 Å². The highest BCUT2D eigenvalue weighted by molar-refractivity contribution is 7.89. The minimum Gasteiger partial charge on any atom is -0.432 e. The first kappa shape index (κ1) is 19.0. The third kappa shape index (κ3) is 3.61. The highest BCUT2D eigenvalue weighted by atomic mass is 32.2. The van der Waals surface area contributed by atoms with Crippen LogP contribution in [0.25, 0.3) is 33.6 Å². The number of hydrogen-bond donors (Lipinski definition) is 0. The summed E-state index contributed by atoms with van der Waals surface area (Å²) in [7, 11) is -3.14. The fourth-order valence-electron chi connectivity index (χ4n) is 3.69. The van der Waals surface area contributed by atoms with Gasteiger partial charge in [0.2, 0.25) is 5.71 Å². The highest BCUT2D eigenvalue weighted by Gasteiger charge is 2.23. The lowest BCUT2D eigenvalue weighted by molar-refractivity contribution is 0.122. The Kier molecular flexibility index (Phi) is 4.63. The molecular weight excluding hydrogens is 404 g/mol. The average molecular weight is 424 g/mol. The molecule has 0 N–H and O–H groups in total. The van der Waals surface area contributed by atoms with Crippen molar-refractivity contribution in [3.8, 4) is 11.4 Å². The Morgan fingerprint density at radius 1 is 1.10 bits per heavy atom. The summed E-state index contributed by atoms with van der Waals surface area (Å²) >= 11 is 0. The van der Waals surface area contributed by atoms with Gasteiger partial charge in [0.05, 0.1) is 24.4 Å². The van der Waals surface area contributed by atoms with Crippen LogP contribution < -0.4 is 4.90 Å². The summed E-state index contributed by atoms with van der Waals surface area (Å²) in [6.45, 7) is 2.63. The van der Waals surface area contributed by atoms with Crippen molar-refractivity contribution in [3.63, 3.8) is 0 Å². The maximum Gasteiger partial charge on any atom is 0.229 e. The number of rotatable bonds is 4. The van der Waals surface area contributed by atoms with Crippen LogP contribution in [0, 0.1) is 0 Å². The molecule has 1 aliphatic heterocycles. The van der Waals surface area contributed by atoms with E-state index in [1.807, 2.05) is 30.3 Å². The number of sulfone groups is 1. The summed E-state index contributed by atoms with van der Waals surface area (Å²) in [6.07, 6.45) is 2.91. The number of pyridine rings is 1. The Hall–Kier alpha value is -3.04. The first-order chi connectivity index (χ1) is 14.5. The van der Waals surface area contributed by atoms with Gasteiger partial charge >= 0.3 is 0 Å². The lowest BCUT2D eigenvalue weighted by Crippen LogP contribution is -2.37. The van der Waals surface area contributed by atoms with E-state index in [9.17, 15) is 8.42 Å². The van der Waals surface area contributed by atoms with Crippen LogP contribution in [-0.2, 0) is 20.3 Å². The topological polar surface area (TPSA) is 98.4 Å². The summed E-state index contributed by atoms with van der Waals surface area (Å²) in [5.74, 6) is 1.19. The van der Waals surface area contributed by atoms with Crippen molar-refractivity contribution in [1.29, 1.82) is 0 Å². The highest BCUT2D eigenvalue weighted by Crippen LogP contribution is 2.34. The van der Waals surface area contributed by atoms with E-state index in [-0.39, 0.29) is 5.75 Å². The van der Waals surface area contributed by atoms with Crippen LogP contribution in [0.1, 0.15) is 5.56 Å². The molecule has 1 aromatic carbocycles. The Labute approximate surface area is 173 Å². The number of aromatic nitrogens is 3. The van der Waals surface area contributed by atoms with Crippen molar-refractivity contribution in [2.24, 2.45) is 0 Å². The summed E-state index contributed by atoms with van der Waals surface area (Å²) in [4.78, 5) is 16.0. The van der Waals surface area contributed by atoms with E-state index >= 15 is 0 Å². The number of anilines is 1. The largest absolute Gasteiger partial charge is 0.432 e. The zero-order chi connectivity index (χ0) is 20.7. The minimum absolute atomic E-state index is 0.0298. The van der Waals surface area contributed by atoms with Crippen LogP contribution in [0.5, 0.6) is 0 Å². The molecule has 9 heteroatoms. The first-order valence-electron chi connectivity index (χ1n) is 9.63. The van der Waals surface area contributed by atoms with Gasteiger partial charge in [-0.3, -0.25) is 0 Å². The lowest BCUT2D eigenvalue weighted by Gasteiger charge is -2.27. The standard InChI is InChI=1S/C21H20N4O4S/c1-30(26,27)13-14-4-2-5-15(12-14)19-23-17-16-6-3-7-22-21(16)29-18(17)20(24-19)25-8-10-28-11-9-25/h2-7,12H,8-11,13H2,1H3. The Morgan fingerprint density at radius 3 is 2.73 bits per heavy atom. The predicted octanol–water partition coefficient (Wildman–Crippen LogP) is 2.82. The van der Waals surface area contributed by atoms with Crippen molar-refractivity contribution >= 4 is 37.9 Å². The van der Waals surface area contributed by atoms with Gasteiger partial charge in [-0.25, -0.2) is 23.4 Å². The molecule has 8 nitrogen and oxygen atoms in total. The van der Waals surface area contributed by atoms with E-state index in [0.29, 0.717) is 60.3 Å². The molecule has 0 saturated carbocycles. The average Bonchev–Trinajstić information content (AvgIpc) is 3.11. The van der Waals surface area contributed by atoms with Crippen LogP contribution in [-0.4, -0.2) is 55.9 Å². The van der Waals surface area contributed by atoms with E-state index in [1.54, 1.807) is 12.3 Å². The molecule has 0 bridgehead atoms. The molecule has 4 aromatic rings. The Balaban J connectivity index is 1.71. The number of benzene rings is 1. The van der Waals surface area contributed by atoms with Crippen LogP contribution in [0.2, 0.25) is 0 Å². The molecule has 154 valence electrons. The Bertz CT molecular complexity index is 1340. The molecule has 0 amide bonds. The molecule has 0 spiro atoms. The maximum absolute atomic E-state index is 11.7. The van der Waals surface area contributed by atoms with Crippen LogP contribution in [0.4, 0.5) is 5.82 Å². The molecular formula is C21H20N4O4S. The van der Waals surface area contributed by atoms with E-state index in [2.05, 4.69) is 9.88 Å². The molecule has 0 aliphatic carbocycles. The molecule has 1 fully saturated rings. The number of hydrogen-bond acceptors (Lipinski definition) is 8. The van der Waals surface area contributed by atoms with Gasteiger partial charge in [-0.05, 0) is 23.8 Å². The number of morpholine rings is 1. The molecule has 5 rings (SSSR count). The third-order valence-electron chi connectivity index (χ3n) is 5.00. The Morgan fingerprint density at radius 2 is 1.93 bits per heavy atom. The first-order valence-corrected chi connectivity index (χ1v) is 11.7. The second kappa shape index (κ2) is 7.33. The zero-order valence-corrected chi connectivity index (χ0v) is 17.2. The molecule has 1 saturated heterocycles. The summed E-state index contributed by atoms with van der Waals surface area (Å²) in [5, 5.41) is 0.818. The number of fused-ring (bicyclic) bond motifs is 3. The summed E-state index contributed by atoms with van der Waals surface area (Å²) < 4.78 is 35.0. The monoisotopic (exact) mass is 424 g/mol. The van der Waals surface area contributed by atoms with Gasteiger partial charge in [-0.1, -0.05) is 18.2 Å². The minimum atomic E-state index is -3.14. The van der Waals surface area contributed by atoms with Gasteiger partial charge in [0, 0.05) is 31.1 Å². The maximum atomic E-state index is 11.7.